The van der Waals surface area contributed by atoms with Gasteiger partial charge in [0.15, 0.2) is 5.13 Å². The summed E-state index contributed by atoms with van der Waals surface area (Å²) >= 11 is 1.39. The molecule has 4 rings (SSSR count). The van der Waals surface area contributed by atoms with Crippen LogP contribution in [0.3, 0.4) is 0 Å². The number of rotatable bonds is 7. The number of esters is 1. The first kappa shape index (κ1) is 21.5. The van der Waals surface area contributed by atoms with E-state index in [1.54, 1.807) is 24.3 Å². The highest BCUT2D eigenvalue weighted by Crippen LogP contribution is 2.26. The maximum atomic E-state index is 12.6. The van der Waals surface area contributed by atoms with Crippen LogP contribution in [0.1, 0.15) is 10.4 Å². The molecule has 0 radical (unpaired) electrons. The molecule has 0 fully saturated rings. The summed E-state index contributed by atoms with van der Waals surface area (Å²) in [5.74, 6) is -1.33. The van der Waals surface area contributed by atoms with Crippen LogP contribution >= 0.6 is 11.3 Å². The van der Waals surface area contributed by atoms with Crippen molar-refractivity contribution >= 4 is 50.2 Å². The average Bonchev–Trinajstić information content (AvgIpc) is 3.35. The molecular formula is C22H20N4O5S. The van der Waals surface area contributed by atoms with E-state index in [0.717, 1.165) is 10.2 Å². The maximum Gasteiger partial charge on any atom is 0.337 e. The van der Waals surface area contributed by atoms with Gasteiger partial charge in [0.1, 0.15) is 5.70 Å². The molecule has 164 valence electrons. The van der Waals surface area contributed by atoms with Crippen molar-refractivity contribution in [1.82, 2.24) is 9.88 Å². The third-order valence-electron chi connectivity index (χ3n) is 4.88. The minimum absolute atomic E-state index is 0.0526. The molecule has 0 spiro atoms. The van der Waals surface area contributed by atoms with Crippen LogP contribution in [0.2, 0.25) is 0 Å². The van der Waals surface area contributed by atoms with Crippen LogP contribution < -0.4 is 10.6 Å². The van der Waals surface area contributed by atoms with Gasteiger partial charge in [-0.2, -0.15) is 0 Å². The van der Waals surface area contributed by atoms with Crippen LogP contribution in [0.4, 0.5) is 10.8 Å². The SMILES string of the molecule is COC(=O)C1=C(Nc2ccc(C(=O)Nc3nc4ccccc4s3)cc2)C(=O)N(CCO)C1. The van der Waals surface area contributed by atoms with E-state index in [1.165, 1.54) is 23.3 Å². The predicted molar refractivity (Wildman–Crippen MR) is 120 cm³/mol. The standard InChI is InChI=1S/C22H20N4O5S/c1-31-21(30)15-12-26(10-11-27)20(29)18(15)23-14-8-6-13(7-9-14)19(28)25-22-24-16-4-2-3-5-17(16)32-22/h2-9,23,27H,10-12H2,1H3,(H,24,25,28). The summed E-state index contributed by atoms with van der Waals surface area (Å²) in [7, 11) is 1.24. The number of hydrogen-bond acceptors (Lipinski definition) is 8. The number of benzene rings is 2. The molecule has 10 heteroatoms. The number of nitrogens with one attached hydrogen (secondary N) is 2. The Morgan fingerprint density at radius 3 is 2.62 bits per heavy atom. The Hall–Kier alpha value is -3.76. The molecule has 3 N–H and O–H groups in total. The lowest BCUT2D eigenvalue weighted by atomic mass is 10.1. The second-order valence-corrected chi connectivity index (χ2v) is 7.97. The quantitative estimate of drug-likeness (QED) is 0.470. The van der Waals surface area contributed by atoms with Crippen molar-refractivity contribution in [3.8, 4) is 0 Å². The number of fused-ring (bicyclic) bond motifs is 1. The Balaban J connectivity index is 1.48. The Kier molecular flexibility index (Phi) is 6.15. The normalized spacial score (nSPS) is 13.6. The number of anilines is 2. The number of aliphatic hydroxyl groups is 1. The lowest BCUT2D eigenvalue weighted by Gasteiger charge is -2.15. The molecule has 1 aromatic heterocycles. The lowest BCUT2D eigenvalue weighted by molar-refractivity contribution is -0.136. The number of nitrogens with zero attached hydrogens (tertiary/aromatic N) is 2. The Bertz CT molecular complexity index is 1190. The Morgan fingerprint density at radius 1 is 1.19 bits per heavy atom. The largest absolute Gasteiger partial charge is 0.466 e. The molecule has 0 saturated heterocycles. The van der Waals surface area contributed by atoms with Crippen molar-refractivity contribution in [3.05, 3.63) is 65.4 Å². The third kappa shape index (κ3) is 4.32. The molecule has 1 aliphatic heterocycles. The van der Waals surface area contributed by atoms with E-state index < -0.39 is 11.9 Å². The summed E-state index contributed by atoms with van der Waals surface area (Å²) in [4.78, 5) is 43.0. The maximum absolute atomic E-state index is 12.6. The van der Waals surface area contributed by atoms with Gasteiger partial charge in [0.05, 0.1) is 36.1 Å². The van der Waals surface area contributed by atoms with Crippen molar-refractivity contribution in [2.75, 3.05) is 37.4 Å². The summed E-state index contributed by atoms with van der Waals surface area (Å²) in [5, 5.41) is 15.4. The van der Waals surface area contributed by atoms with E-state index in [1.807, 2.05) is 24.3 Å². The van der Waals surface area contributed by atoms with Gasteiger partial charge in [-0.15, -0.1) is 0 Å². The molecule has 0 saturated carbocycles. The molecule has 0 bridgehead atoms. The number of para-hydroxylation sites is 1. The van der Waals surface area contributed by atoms with E-state index in [9.17, 15) is 14.4 Å². The number of ether oxygens (including phenoxy) is 1. The van der Waals surface area contributed by atoms with E-state index >= 15 is 0 Å². The molecule has 1 aliphatic rings. The zero-order valence-corrected chi connectivity index (χ0v) is 17.9. The van der Waals surface area contributed by atoms with Gasteiger partial charge in [0.2, 0.25) is 0 Å². The Morgan fingerprint density at radius 2 is 1.94 bits per heavy atom. The van der Waals surface area contributed by atoms with Crippen molar-refractivity contribution in [3.63, 3.8) is 0 Å². The predicted octanol–water partition coefficient (Wildman–Crippen LogP) is 2.22. The topological polar surface area (TPSA) is 121 Å². The molecule has 3 aromatic rings. The fourth-order valence-electron chi connectivity index (χ4n) is 3.29. The van der Waals surface area contributed by atoms with Crippen molar-refractivity contribution in [2.24, 2.45) is 0 Å². The van der Waals surface area contributed by atoms with E-state index in [4.69, 9.17) is 9.84 Å². The van der Waals surface area contributed by atoms with Crippen LogP contribution in [0.5, 0.6) is 0 Å². The molecule has 0 unspecified atom stereocenters. The first-order valence-electron chi connectivity index (χ1n) is 9.75. The second-order valence-electron chi connectivity index (χ2n) is 6.94. The average molecular weight is 452 g/mol. The highest BCUT2D eigenvalue weighted by atomic mass is 32.1. The van der Waals surface area contributed by atoms with Gasteiger partial charge in [0.25, 0.3) is 11.8 Å². The summed E-state index contributed by atoms with van der Waals surface area (Å²) in [6.07, 6.45) is 0. The summed E-state index contributed by atoms with van der Waals surface area (Å²) < 4.78 is 5.75. The first-order valence-corrected chi connectivity index (χ1v) is 10.6. The van der Waals surface area contributed by atoms with E-state index in [-0.39, 0.29) is 36.9 Å². The zero-order valence-electron chi connectivity index (χ0n) is 17.1. The number of hydrogen-bond donors (Lipinski definition) is 3. The van der Waals surface area contributed by atoms with Crippen LogP contribution in [0.15, 0.2) is 59.8 Å². The van der Waals surface area contributed by atoms with Crippen LogP contribution in [-0.2, 0) is 14.3 Å². The molecule has 32 heavy (non-hydrogen) atoms. The molecule has 0 aliphatic carbocycles. The molecule has 9 nitrogen and oxygen atoms in total. The van der Waals surface area contributed by atoms with Gasteiger partial charge < -0.3 is 20.1 Å². The molecule has 0 atom stereocenters. The number of carbonyl (C=O) groups is 3. The minimum Gasteiger partial charge on any atom is -0.466 e. The molecule has 2 heterocycles. The van der Waals surface area contributed by atoms with Gasteiger partial charge in [0, 0.05) is 17.8 Å². The van der Waals surface area contributed by atoms with Gasteiger partial charge in [-0.1, -0.05) is 23.5 Å². The van der Waals surface area contributed by atoms with Gasteiger partial charge in [-0.3, -0.25) is 14.9 Å². The lowest BCUT2D eigenvalue weighted by Crippen LogP contribution is -2.31. The van der Waals surface area contributed by atoms with Gasteiger partial charge >= 0.3 is 5.97 Å². The van der Waals surface area contributed by atoms with Crippen molar-refractivity contribution in [1.29, 1.82) is 0 Å². The number of amides is 2. The highest BCUT2D eigenvalue weighted by molar-refractivity contribution is 7.22. The van der Waals surface area contributed by atoms with Gasteiger partial charge in [-0.25, -0.2) is 9.78 Å². The number of aromatic nitrogens is 1. The monoisotopic (exact) mass is 452 g/mol. The summed E-state index contributed by atoms with van der Waals surface area (Å²) in [6, 6.07) is 14.1. The van der Waals surface area contributed by atoms with Crippen LogP contribution in [0, 0.1) is 0 Å². The fraction of sp³-hybridized carbons (Fsp3) is 0.182. The molecule has 2 aromatic carbocycles. The second kappa shape index (κ2) is 9.16. The number of β-amino-alcohol motifs (C(OH)–C–C–N with tert-alkyl or cyclic N) is 1. The molecule has 2 amide bonds. The number of carbonyl (C=O) groups excluding carboxylic acids is 3. The zero-order chi connectivity index (χ0) is 22.7. The summed E-state index contributed by atoms with van der Waals surface area (Å²) in [5.41, 5.74) is 2.04. The first-order chi connectivity index (χ1) is 15.5. The number of methoxy groups -OCH3 is 1. The van der Waals surface area contributed by atoms with Crippen LogP contribution in [0.25, 0.3) is 10.2 Å². The highest BCUT2D eigenvalue weighted by Gasteiger charge is 2.34. The molecular weight excluding hydrogens is 432 g/mol. The fourth-order valence-corrected chi connectivity index (χ4v) is 4.15. The van der Waals surface area contributed by atoms with Crippen molar-refractivity contribution in [2.45, 2.75) is 0 Å². The number of thiazole rings is 1. The van der Waals surface area contributed by atoms with E-state index in [2.05, 4.69) is 15.6 Å². The third-order valence-corrected chi connectivity index (χ3v) is 5.84. The summed E-state index contributed by atoms with van der Waals surface area (Å²) in [6.45, 7) is -0.0572. The van der Waals surface area contributed by atoms with Crippen LogP contribution in [-0.4, -0.2) is 59.6 Å². The number of aliphatic hydroxyl groups excluding tert-OH is 1. The smallest absolute Gasteiger partial charge is 0.337 e. The Labute approximate surface area is 187 Å². The van der Waals surface area contributed by atoms with E-state index in [0.29, 0.717) is 16.4 Å². The minimum atomic E-state index is -0.617. The van der Waals surface area contributed by atoms with Crippen molar-refractivity contribution < 1.29 is 24.2 Å². The van der Waals surface area contributed by atoms with Gasteiger partial charge in [-0.05, 0) is 36.4 Å².